The number of fused-ring (bicyclic) bond motifs is 4. The van der Waals surface area contributed by atoms with E-state index >= 15 is 0 Å². The molecule has 1 atom stereocenters. The number of ether oxygens (including phenoxy) is 1. The summed E-state index contributed by atoms with van der Waals surface area (Å²) in [6.07, 6.45) is 10.7. The molecule has 0 saturated heterocycles. The lowest BCUT2D eigenvalue weighted by Gasteiger charge is -2.42. The molecule has 7 heteroatoms. The van der Waals surface area contributed by atoms with Gasteiger partial charge in [-0.25, -0.2) is 10.4 Å². The first-order chi connectivity index (χ1) is 16.2. The van der Waals surface area contributed by atoms with E-state index in [0.717, 1.165) is 53.1 Å². The van der Waals surface area contributed by atoms with Crippen LogP contribution in [0, 0.1) is 0 Å². The third-order valence-electron chi connectivity index (χ3n) is 6.35. The van der Waals surface area contributed by atoms with Crippen molar-refractivity contribution in [1.29, 1.82) is 0 Å². The summed E-state index contributed by atoms with van der Waals surface area (Å²) in [6, 6.07) is 14.1. The van der Waals surface area contributed by atoms with Crippen LogP contribution < -0.4 is 20.4 Å². The van der Waals surface area contributed by atoms with E-state index in [4.69, 9.17) is 9.72 Å². The van der Waals surface area contributed by atoms with Gasteiger partial charge in [-0.2, -0.15) is 0 Å². The first-order valence-electron chi connectivity index (χ1n) is 11.3. The molecular weight excluding hydrogens is 412 g/mol. The Labute approximate surface area is 193 Å². The molecular formula is C26H26N6O. The van der Waals surface area contributed by atoms with Crippen molar-refractivity contribution in [1.82, 2.24) is 25.7 Å². The fourth-order valence-corrected chi connectivity index (χ4v) is 4.63. The van der Waals surface area contributed by atoms with Crippen molar-refractivity contribution in [3.63, 3.8) is 0 Å². The van der Waals surface area contributed by atoms with E-state index in [1.807, 2.05) is 36.5 Å². The molecule has 2 aromatic heterocycles. The highest BCUT2D eigenvalue weighted by atomic mass is 16.5. The fraction of sp³-hybridized carbons (Fsp3) is 0.231. The number of methoxy groups -OCH3 is 1. The Morgan fingerprint density at radius 2 is 2.03 bits per heavy atom. The maximum Gasteiger partial charge on any atom is 0.143 e. The van der Waals surface area contributed by atoms with E-state index < -0.39 is 0 Å². The van der Waals surface area contributed by atoms with E-state index in [1.54, 1.807) is 7.11 Å². The Bertz CT molecular complexity index is 1310. The SMILES string of the molecule is CCC1NC2=CN(N1)C1=CCN(c3nc(-c4ccc(OC)cc4)cc4ncccc34)C=C1C2. The zero-order chi connectivity index (χ0) is 22.4. The number of pyridine rings is 2. The van der Waals surface area contributed by atoms with E-state index in [9.17, 15) is 0 Å². The number of hydrogen-bond acceptors (Lipinski definition) is 7. The first kappa shape index (κ1) is 19.8. The van der Waals surface area contributed by atoms with Crippen molar-refractivity contribution in [2.75, 3.05) is 18.6 Å². The minimum absolute atomic E-state index is 0.267. The number of benzene rings is 1. The Kier molecular flexibility index (Phi) is 4.77. The van der Waals surface area contributed by atoms with Crippen molar-refractivity contribution >= 4 is 16.7 Å². The van der Waals surface area contributed by atoms with Crippen LogP contribution in [0.1, 0.15) is 19.8 Å². The predicted octanol–water partition coefficient (Wildman–Crippen LogP) is 4.28. The van der Waals surface area contributed by atoms with Gasteiger partial charge in [-0.1, -0.05) is 6.92 Å². The van der Waals surface area contributed by atoms with E-state index in [0.29, 0.717) is 0 Å². The van der Waals surface area contributed by atoms with Crippen molar-refractivity contribution in [3.05, 3.63) is 84.1 Å². The summed E-state index contributed by atoms with van der Waals surface area (Å²) in [7, 11) is 1.68. The van der Waals surface area contributed by atoms with Crippen LogP contribution in [0.2, 0.25) is 0 Å². The molecule has 2 bridgehead atoms. The largest absolute Gasteiger partial charge is 0.497 e. The first-order valence-corrected chi connectivity index (χ1v) is 11.3. The monoisotopic (exact) mass is 438 g/mol. The Morgan fingerprint density at radius 3 is 2.85 bits per heavy atom. The Hall–Kier alpha value is -3.84. The van der Waals surface area contributed by atoms with Crippen LogP contribution in [0.4, 0.5) is 5.82 Å². The van der Waals surface area contributed by atoms with Gasteiger partial charge in [0.05, 0.1) is 30.2 Å². The molecule has 2 N–H and O–H groups in total. The topological polar surface area (TPSA) is 65.5 Å². The molecule has 3 aliphatic heterocycles. The molecule has 7 nitrogen and oxygen atoms in total. The number of allylic oxidation sites excluding steroid dienone is 2. The van der Waals surface area contributed by atoms with Gasteiger partial charge in [0.1, 0.15) is 11.6 Å². The van der Waals surface area contributed by atoms with Crippen LogP contribution in [0.5, 0.6) is 5.75 Å². The normalized spacial score (nSPS) is 19.3. The minimum atomic E-state index is 0.267. The molecule has 1 unspecified atom stereocenters. The molecule has 3 aliphatic rings. The van der Waals surface area contributed by atoms with E-state index in [1.165, 1.54) is 17.0 Å². The highest BCUT2D eigenvalue weighted by Crippen LogP contribution is 2.36. The van der Waals surface area contributed by atoms with Gasteiger partial charge < -0.3 is 15.0 Å². The van der Waals surface area contributed by atoms with Crippen LogP contribution in [-0.2, 0) is 0 Å². The highest BCUT2D eigenvalue weighted by Gasteiger charge is 2.30. The molecule has 0 fully saturated rings. The van der Waals surface area contributed by atoms with Gasteiger partial charge in [0.2, 0.25) is 0 Å². The number of rotatable bonds is 4. The summed E-state index contributed by atoms with van der Waals surface area (Å²) in [6.45, 7) is 2.93. The standard InChI is InChI=1S/C26H26N6O/c1-3-25-28-19-13-18-15-31(12-10-24(18)32(16-19)30-25)26-21-5-4-11-27-23(21)14-22(29-26)17-6-8-20(33-2)9-7-17/h4-11,14-16,25,28,30H,3,12-13H2,1-2H3. The summed E-state index contributed by atoms with van der Waals surface area (Å²) in [4.78, 5) is 12.0. The van der Waals surface area contributed by atoms with Gasteiger partial charge >= 0.3 is 0 Å². The fourth-order valence-electron chi connectivity index (χ4n) is 4.63. The quantitative estimate of drug-likeness (QED) is 0.630. The summed E-state index contributed by atoms with van der Waals surface area (Å²) in [5.74, 6) is 1.75. The average molecular weight is 439 g/mol. The number of hydrazine groups is 1. The molecule has 1 aromatic carbocycles. The number of aromatic nitrogens is 2. The summed E-state index contributed by atoms with van der Waals surface area (Å²) < 4.78 is 5.32. The van der Waals surface area contributed by atoms with Crippen molar-refractivity contribution < 1.29 is 4.74 Å². The molecule has 0 aliphatic carbocycles. The second-order valence-electron chi connectivity index (χ2n) is 8.46. The zero-order valence-corrected chi connectivity index (χ0v) is 18.7. The summed E-state index contributed by atoms with van der Waals surface area (Å²) in [5, 5.41) is 6.78. The predicted molar refractivity (Wildman–Crippen MR) is 130 cm³/mol. The van der Waals surface area contributed by atoms with E-state index in [2.05, 4.69) is 63.2 Å². The zero-order valence-electron chi connectivity index (χ0n) is 18.7. The van der Waals surface area contributed by atoms with Gasteiger partial charge in [-0.15, -0.1) is 0 Å². The lowest BCUT2D eigenvalue weighted by molar-refractivity contribution is 0.219. The second kappa shape index (κ2) is 7.94. The number of nitrogens with zero attached hydrogens (tertiary/aromatic N) is 4. The third-order valence-corrected chi connectivity index (χ3v) is 6.35. The van der Waals surface area contributed by atoms with Crippen molar-refractivity contribution in [2.45, 2.75) is 25.9 Å². The molecule has 0 spiro atoms. The number of hydrogen-bond donors (Lipinski definition) is 2. The van der Waals surface area contributed by atoms with E-state index in [-0.39, 0.29) is 6.17 Å². The Balaban J connectivity index is 1.40. The maximum absolute atomic E-state index is 5.32. The summed E-state index contributed by atoms with van der Waals surface area (Å²) in [5.41, 5.74) is 10.1. The van der Waals surface area contributed by atoms with Crippen LogP contribution >= 0.6 is 0 Å². The molecule has 5 heterocycles. The van der Waals surface area contributed by atoms with Gasteiger partial charge in [0.15, 0.2) is 0 Å². The molecule has 33 heavy (non-hydrogen) atoms. The van der Waals surface area contributed by atoms with Gasteiger partial charge in [-0.3, -0.25) is 9.99 Å². The van der Waals surface area contributed by atoms with Crippen LogP contribution in [0.25, 0.3) is 22.2 Å². The molecule has 166 valence electrons. The van der Waals surface area contributed by atoms with Crippen molar-refractivity contribution in [2.24, 2.45) is 0 Å². The minimum Gasteiger partial charge on any atom is -0.497 e. The molecule has 3 aromatic rings. The number of anilines is 1. The summed E-state index contributed by atoms with van der Waals surface area (Å²) >= 11 is 0. The van der Waals surface area contributed by atoms with Gasteiger partial charge in [-0.05, 0) is 60.5 Å². The third kappa shape index (κ3) is 3.50. The molecule has 0 amide bonds. The van der Waals surface area contributed by atoms with Crippen LogP contribution in [0.15, 0.2) is 84.1 Å². The molecule has 0 radical (unpaired) electrons. The smallest absolute Gasteiger partial charge is 0.143 e. The maximum atomic E-state index is 5.32. The Morgan fingerprint density at radius 1 is 1.15 bits per heavy atom. The van der Waals surface area contributed by atoms with Crippen LogP contribution in [0.3, 0.4) is 0 Å². The second-order valence-corrected chi connectivity index (χ2v) is 8.46. The van der Waals surface area contributed by atoms with Crippen LogP contribution in [-0.4, -0.2) is 34.8 Å². The lowest BCUT2D eigenvalue weighted by atomic mass is 10.00. The molecule has 0 saturated carbocycles. The highest BCUT2D eigenvalue weighted by molar-refractivity contribution is 5.93. The van der Waals surface area contributed by atoms with Gasteiger partial charge in [0, 0.05) is 48.2 Å². The average Bonchev–Trinajstić information content (AvgIpc) is 2.87. The van der Waals surface area contributed by atoms with Gasteiger partial charge in [0.25, 0.3) is 0 Å². The lowest BCUT2D eigenvalue weighted by Crippen LogP contribution is -2.55. The molecule has 6 rings (SSSR count). The van der Waals surface area contributed by atoms with Crippen molar-refractivity contribution in [3.8, 4) is 17.0 Å². The number of nitrogens with one attached hydrogen (secondary N) is 2.